The quantitative estimate of drug-likeness (QED) is 0.748. The summed E-state index contributed by atoms with van der Waals surface area (Å²) in [7, 11) is 0. The van der Waals surface area contributed by atoms with Crippen molar-refractivity contribution in [2.75, 3.05) is 5.32 Å². The number of hydrogen-bond acceptors (Lipinski definition) is 3. The van der Waals surface area contributed by atoms with Gasteiger partial charge in [0.15, 0.2) is 5.82 Å². The predicted molar refractivity (Wildman–Crippen MR) is 51.4 cm³/mol. The molecule has 0 saturated carbocycles. The molecule has 0 radical (unpaired) electrons. The maximum Gasteiger partial charge on any atom is 0.225 e. The third kappa shape index (κ3) is 1.56. The summed E-state index contributed by atoms with van der Waals surface area (Å²) in [5, 5.41) is 2.69. The van der Waals surface area contributed by atoms with Gasteiger partial charge >= 0.3 is 0 Å². The molecule has 1 N–H and O–H groups in total. The van der Waals surface area contributed by atoms with E-state index < -0.39 is 0 Å². The van der Waals surface area contributed by atoms with E-state index in [9.17, 15) is 4.79 Å². The van der Waals surface area contributed by atoms with Crippen molar-refractivity contribution in [3.63, 3.8) is 0 Å². The summed E-state index contributed by atoms with van der Waals surface area (Å²) < 4.78 is 0.752. The fourth-order valence-corrected chi connectivity index (χ4v) is 1.53. The van der Waals surface area contributed by atoms with Gasteiger partial charge in [0.2, 0.25) is 5.91 Å². The molecule has 0 saturated heterocycles. The Morgan fingerprint density at radius 2 is 2.15 bits per heavy atom. The first-order valence-electron chi connectivity index (χ1n) is 3.99. The van der Waals surface area contributed by atoms with Crippen LogP contribution in [0.15, 0.2) is 4.60 Å². The van der Waals surface area contributed by atoms with Crippen molar-refractivity contribution in [1.82, 2.24) is 9.97 Å². The molecule has 1 aromatic heterocycles. The molecule has 2 heterocycles. The van der Waals surface area contributed by atoms with Gasteiger partial charge in [-0.3, -0.25) is 4.79 Å². The van der Waals surface area contributed by atoms with Gasteiger partial charge in [-0.15, -0.1) is 0 Å². The second kappa shape index (κ2) is 3.06. The summed E-state index contributed by atoms with van der Waals surface area (Å²) >= 11 is 3.30. The summed E-state index contributed by atoms with van der Waals surface area (Å²) in [6.07, 6.45) is 1.17. The topological polar surface area (TPSA) is 54.9 Å². The molecule has 0 bridgehead atoms. The lowest BCUT2D eigenvalue weighted by molar-refractivity contribution is -0.116. The van der Waals surface area contributed by atoms with E-state index in [1.54, 1.807) is 0 Å². The van der Waals surface area contributed by atoms with Crippen LogP contribution in [-0.2, 0) is 11.2 Å². The number of hydrogen-bond donors (Lipinski definition) is 1. The van der Waals surface area contributed by atoms with Crippen molar-refractivity contribution in [2.45, 2.75) is 19.8 Å². The van der Waals surface area contributed by atoms with E-state index in [-0.39, 0.29) is 5.91 Å². The van der Waals surface area contributed by atoms with Crippen LogP contribution in [0, 0.1) is 6.92 Å². The van der Waals surface area contributed by atoms with Gasteiger partial charge in [0.1, 0.15) is 4.60 Å². The molecule has 0 aliphatic carbocycles. The van der Waals surface area contributed by atoms with E-state index in [2.05, 4.69) is 31.2 Å². The normalized spacial score (nSPS) is 15.1. The Hall–Kier alpha value is -0.970. The minimum absolute atomic E-state index is 0.0172. The molecular formula is C8H8BrN3O. The molecule has 2 rings (SSSR count). The van der Waals surface area contributed by atoms with E-state index >= 15 is 0 Å². The van der Waals surface area contributed by atoms with Crippen LogP contribution >= 0.6 is 15.9 Å². The van der Waals surface area contributed by atoms with Crippen molar-refractivity contribution >= 4 is 27.7 Å². The zero-order chi connectivity index (χ0) is 9.42. The molecule has 4 nitrogen and oxygen atoms in total. The molecule has 0 atom stereocenters. The lowest BCUT2D eigenvalue weighted by Gasteiger charge is -2.15. The molecule has 1 aromatic rings. The number of aromatic nitrogens is 2. The molecule has 0 spiro atoms. The van der Waals surface area contributed by atoms with Crippen LogP contribution in [0.2, 0.25) is 0 Å². The fourth-order valence-electron chi connectivity index (χ4n) is 1.23. The van der Waals surface area contributed by atoms with Gasteiger partial charge < -0.3 is 5.32 Å². The average Bonchev–Trinajstić information content (AvgIpc) is 2.08. The fraction of sp³-hybridized carbons (Fsp3) is 0.375. The molecule has 5 heteroatoms. The van der Waals surface area contributed by atoms with Crippen LogP contribution in [-0.4, -0.2) is 15.9 Å². The van der Waals surface area contributed by atoms with Gasteiger partial charge in [0.25, 0.3) is 0 Å². The molecule has 0 fully saturated rings. The van der Waals surface area contributed by atoms with Gasteiger partial charge in [-0.25, -0.2) is 9.97 Å². The smallest absolute Gasteiger partial charge is 0.225 e. The third-order valence-corrected chi connectivity index (χ3v) is 2.68. The van der Waals surface area contributed by atoms with Crippen LogP contribution in [0.4, 0.5) is 5.82 Å². The van der Waals surface area contributed by atoms with Gasteiger partial charge in [-0.05, 0) is 22.9 Å². The molecule has 0 unspecified atom stereocenters. The van der Waals surface area contributed by atoms with E-state index in [1.165, 1.54) is 0 Å². The monoisotopic (exact) mass is 241 g/mol. The first kappa shape index (κ1) is 8.62. The van der Waals surface area contributed by atoms with Crippen molar-refractivity contribution in [1.29, 1.82) is 0 Å². The van der Waals surface area contributed by atoms with Gasteiger partial charge in [0.05, 0.1) is 11.4 Å². The first-order valence-corrected chi connectivity index (χ1v) is 4.79. The molecule has 0 aromatic carbocycles. The number of aryl methyl sites for hydroxylation is 2. The zero-order valence-electron chi connectivity index (χ0n) is 7.09. The van der Waals surface area contributed by atoms with E-state index in [0.29, 0.717) is 18.7 Å². The van der Waals surface area contributed by atoms with Crippen LogP contribution < -0.4 is 5.32 Å². The minimum Gasteiger partial charge on any atom is -0.309 e. The Labute approximate surface area is 83.9 Å². The maximum atomic E-state index is 11.0. The molecule has 1 aliphatic heterocycles. The molecule has 1 amide bonds. The zero-order valence-corrected chi connectivity index (χ0v) is 8.68. The highest BCUT2D eigenvalue weighted by atomic mass is 79.9. The number of nitrogens with one attached hydrogen (secondary N) is 1. The van der Waals surface area contributed by atoms with E-state index in [1.807, 2.05) is 6.92 Å². The Morgan fingerprint density at radius 1 is 1.38 bits per heavy atom. The van der Waals surface area contributed by atoms with E-state index in [4.69, 9.17) is 0 Å². The molecule has 13 heavy (non-hydrogen) atoms. The third-order valence-electron chi connectivity index (χ3n) is 1.93. The van der Waals surface area contributed by atoms with Crippen LogP contribution in [0.3, 0.4) is 0 Å². The lowest BCUT2D eigenvalue weighted by atomic mass is 10.1. The number of amides is 1. The van der Waals surface area contributed by atoms with Crippen molar-refractivity contribution in [2.24, 2.45) is 0 Å². The summed E-state index contributed by atoms with van der Waals surface area (Å²) in [6, 6.07) is 0. The molecule has 68 valence electrons. The Morgan fingerprint density at radius 3 is 2.92 bits per heavy atom. The van der Waals surface area contributed by atoms with Gasteiger partial charge in [-0.2, -0.15) is 0 Å². The van der Waals surface area contributed by atoms with Crippen LogP contribution in [0.1, 0.15) is 17.8 Å². The minimum atomic E-state index is 0.0172. The Bertz CT molecular complexity index is 378. The van der Waals surface area contributed by atoms with Crippen LogP contribution in [0.25, 0.3) is 0 Å². The number of carbonyl (C=O) groups excluding carboxylic acids is 1. The Balaban J connectivity index is 2.49. The van der Waals surface area contributed by atoms with Crippen molar-refractivity contribution in [3.8, 4) is 0 Å². The largest absolute Gasteiger partial charge is 0.309 e. The highest BCUT2D eigenvalue weighted by molar-refractivity contribution is 9.10. The summed E-state index contributed by atoms with van der Waals surface area (Å²) in [6.45, 7) is 1.85. The highest BCUT2D eigenvalue weighted by Crippen LogP contribution is 2.22. The van der Waals surface area contributed by atoms with Gasteiger partial charge in [0, 0.05) is 12.8 Å². The SMILES string of the molecule is Cc1nc2c(nc1Br)CCC(=O)N2. The standard InChI is InChI=1S/C8H8BrN3O/c1-4-7(9)11-5-2-3-6(13)12-8(5)10-4/h2-3H2,1H3,(H,10,12,13). The number of halogens is 1. The summed E-state index contributed by atoms with van der Waals surface area (Å²) in [5.74, 6) is 0.625. The van der Waals surface area contributed by atoms with Crippen molar-refractivity contribution < 1.29 is 4.79 Å². The number of nitrogens with zero attached hydrogens (tertiary/aromatic N) is 2. The van der Waals surface area contributed by atoms with E-state index in [0.717, 1.165) is 16.0 Å². The lowest BCUT2D eigenvalue weighted by Crippen LogP contribution is -2.21. The summed E-state index contributed by atoms with van der Waals surface area (Å²) in [5.41, 5.74) is 1.65. The maximum absolute atomic E-state index is 11.0. The Kier molecular flexibility index (Phi) is 2.03. The average molecular weight is 242 g/mol. The van der Waals surface area contributed by atoms with Crippen LogP contribution in [0.5, 0.6) is 0 Å². The second-order valence-electron chi connectivity index (χ2n) is 2.94. The van der Waals surface area contributed by atoms with Gasteiger partial charge in [-0.1, -0.05) is 0 Å². The highest BCUT2D eigenvalue weighted by Gasteiger charge is 2.18. The number of fused-ring (bicyclic) bond motifs is 1. The van der Waals surface area contributed by atoms with Crippen molar-refractivity contribution in [3.05, 3.63) is 16.0 Å². The first-order chi connectivity index (χ1) is 6.16. The summed E-state index contributed by atoms with van der Waals surface area (Å²) in [4.78, 5) is 19.5. The predicted octanol–water partition coefficient (Wildman–Crippen LogP) is 1.43. The number of carbonyl (C=O) groups is 1. The number of rotatable bonds is 0. The second-order valence-corrected chi connectivity index (χ2v) is 3.69. The molecular weight excluding hydrogens is 234 g/mol. The molecule has 1 aliphatic rings. The number of anilines is 1.